The van der Waals surface area contributed by atoms with Crippen LogP contribution in [-0.4, -0.2) is 30.0 Å². The summed E-state index contributed by atoms with van der Waals surface area (Å²) >= 11 is 0. The molecule has 5 nitrogen and oxygen atoms in total. The Morgan fingerprint density at radius 3 is 2.43 bits per heavy atom. The first-order valence-corrected chi connectivity index (χ1v) is 7.03. The fourth-order valence-corrected chi connectivity index (χ4v) is 1.82. The third kappa shape index (κ3) is 4.72. The Labute approximate surface area is 126 Å². The van der Waals surface area contributed by atoms with Gasteiger partial charge < -0.3 is 15.6 Å². The summed E-state index contributed by atoms with van der Waals surface area (Å²) in [6.45, 7) is 9.48. The Morgan fingerprint density at radius 1 is 1.33 bits per heavy atom. The van der Waals surface area contributed by atoms with Gasteiger partial charge in [0.1, 0.15) is 5.60 Å². The van der Waals surface area contributed by atoms with E-state index in [0.29, 0.717) is 12.2 Å². The van der Waals surface area contributed by atoms with Gasteiger partial charge in [-0.3, -0.25) is 5.32 Å². The largest absolute Gasteiger partial charge is 0.444 e. The van der Waals surface area contributed by atoms with Crippen LogP contribution in [0, 0.1) is 6.92 Å². The maximum atomic E-state index is 11.9. The van der Waals surface area contributed by atoms with E-state index in [9.17, 15) is 9.90 Å². The minimum Gasteiger partial charge on any atom is -0.444 e. The number of amides is 1. The first-order chi connectivity index (χ1) is 9.61. The minimum atomic E-state index is -0.549. The molecule has 1 rings (SSSR count). The highest BCUT2D eigenvalue weighted by atomic mass is 16.6. The van der Waals surface area contributed by atoms with Crippen LogP contribution in [0.5, 0.6) is 0 Å². The van der Waals surface area contributed by atoms with E-state index >= 15 is 0 Å². The van der Waals surface area contributed by atoms with Crippen LogP contribution in [0.15, 0.2) is 18.2 Å². The van der Waals surface area contributed by atoms with Gasteiger partial charge in [-0.1, -0.05) is 19.1 Å². The molecule has 21 heavy (non-hydrogen) atoms. The summed E-state index contributed by atoms with van der Waals surface area (Å²) in [5.41, 5.74) is 7.13. The van der Waals surface area contributed by atoms with E-state index in [1.54, 1.807) is 0 Å². The average molecular weight is 294 g/mol. The van der Waals surface area contributed by atoms with Crippen LogP contribution in [0.3, 0.4) is 0 Å². The number of aliphatic hydroxyl groups is 1. The van der Waals surface area contributed by atoms with Gasteiger partial charge in [-0.05, 0) is 44.9 Å². The zero-order valence-corrected chi connectivity index (χ0v) is 13.5. The van der Waals surface area contributed by atoms with E-state index in [1.807, 2.05) is 52.8 Å². The molecule has 1 amide bonds. The first-order valence-electron chi connectivity index (χ1n) is 7.03. The number of hydrogen-bond donors (Lipinski definition) is 3. The van der Waals surface area contributed by atoms with Crippen molar-refractivity contribution in [2.75, 3.05) is 18.5 Å². The predicted molar refractivity (Wildman–Crippen MR) is 84.5 cm³/mol. The van der Waals surface area contributed by atoms with Gasteiger partial charge in [-0.15, -0.1) is 0 Å². The van der Waals surface area contributed by atoms with Crippen molar-refractivity contribution in [3.63, 3.8) is 0 Å². The van der Waals surface area contributed by atoms with E-state index in [2.05, 4.69) is 5.32 Å². The summed E-state index contributed by atoms with van der Waals surface area (Å²) in [5, 5.41) is 12.3. The maximum absolute atomic E-state index is 11.9. The zero-order chi connectivity index (χ0) is 16.3. The van der Waals surface area contributed by atoms with Crippen LogP contribution in [0.4, 0.5) is 10.5 Å². The van der Waals surface area contributed by atoms with Gasteiger partial charge in [0.15, 0.2) is 0 Å². The van der Waals surface area contributed by atoms with Crippen molar-refractivity contribution in [3.8, 4) is 0 Å². The molecule has 0 aliphatic carbocycles. The number of ether oxygens (including phenoxy) is 1. The molecule has 1 atom stereocenters. The number of nitrogens with two attached hydrogens (primary N) is 1. The van der Waals surface area contributed by atoms with Crippen molar-refractivity contribution in [2.45, 2.75) is 45.6 Å². The van der Waals surface area contributed by atoms with E-state index in [4.69, 9.17) is 10.5 Å². The van der Waals surface area contributed by atoms with Crippen LogP contribution in [0.25, 0.3) is 0 Å². The molecule has 0 radical (unpaired) electrons. The van der Waals surface area contributed by atoms with Crippen LogP contribution >= 0.6 is 0 Å². The van der Waals surface area contributed by atoms with Crippen molar-refractivity contribution in [3.05, 3.63) is 29.3 Å². The van der Waals surface area contributed by atoms with Gasteiger partial charge in [-0.2, -0.15) is 0 Å². The number of nitrogens with one attached hydrogen (secondary N) is 1. The van der Waals surface area contributed by atoms with Gasteiger partial charge >= 0.3 is 6.09 Å². The van der Waals surface area contributed by atoms with Crippen molar-refractivity contribution in [1.82, 2.24) is 0 Å². The lowest BCUT2D eigenvalue weighted by Gasteiger charge is -2.27. The lowest BCUT2D eigenvalue weighted by Crippen LogP contribution is -2.35. The Bertz CT molecular complexity index is 503. The topological polar surface area (TPSA) is 84.6 Å². The number of aliphatic hydroxyl groups excluding tert-OH is 1. The lowest BCUT2D eigenvalue weighted by molar-refractivity contribution is 0.0636. The highest BCUT2D eigenvalue weighted by Crippen LogP contribution is 2.27. The molecule has 1 aromatic rings. The molecule has 0 bridgehead atoms. The number of aryl methyl sites for hydroxylation is 1. The normalized spacial score (nSPS) is 14.4. The summed E-state index contributed by atoms with van der Waals surface area (Å²) in [7, 11) is 0. The quantitative estimate of drug-likeness (QED) is 0.796. The summed E-state index contributed by atoms with van der Waals surface area (Å²) < 4.78 is 5.25. The molecule has 0 aliphatic rings. The summed E-state index contributed by atoms with van der Waals surface area (Å²) in [6.07, 6.45) is -0.499. The minimum absolute atomic E-state index is 0.0571. The third-order valence-electron chi connectivity index (χ3n) is 3.37. The maximum Gasteiger partial charge on any atom is 0.412 e. The van der Waals surface area contributed by atoms with E-state index < -0.39 is 17.1 Å². The second kappa shape index (κ2) is 6.45. The van der Waals surface area contributed by atoms with Crippen LogP contribution in [0.1, 0.15) is 38.8 Å². The van der Waals surface area contributed by atoms with Gasteiger partial charge in [-0.25, -0.2) is 4.79 Å². The van der Waals surface area contributed by atoms with Gasteiger partial charge in [0, 0.05) is 17.6 Å². The Hall–Kier alpha value is -1.59. The smallest absolute Gasteiger partial charge is 0.412 e. The first kappa shape index (κ1) is 17.5. The standard InChI is InChI=1S/C16H26N2O3/c1-11-6-7-12(16(5,9-17)10-19)8-13(11)18-14(20)21-15(2,3)4/h6-8,19H,9-10,17H2,1-5H3,(H,18,20). The molecule has 0 aromatic heterocycles. The number of carbonyl (C=O) groups is 1. The second-order valence-corrected chi connectivity index (χ2v) is 6.58. The van der Waals surface area contributed by atoms with Crippen LogP contribution in [0.2, 0.25) is 0 Å². The summed E-state index contributed by atoms with van der Waals surface area (Å²) in [4.78, 5) is 11.9. The number of rotatable bonds is 4. The van der Waals surface area contributed by atoms with E-state index in [0.717, 1.165) is 11.1 Å². The molecule has 1 aromatic carbocycles. The van der Waals surface area contributed by atoms with E-state index in [-0.39, 0.29) is 6.61 Å². The highest BCUT2D eigenvalue weighted by Gasteiger charge is 2.25. The van der Waals surface area contributed by atoms with Gasteiger partial charge in [0.05, 0.1) is 6.61 Å². The molecule has 0 aliphatic heterocycles. The molecular weight excluding hydrogens is 268 g/mol. The number of hydrogen-bond acceptors (Lipinski definition) is 4. The molecule has 118 valence electrons. The van der Waals surface area contributed by atoms with Crippen LogP contribution < -0.4 is 11.1 Å². The van der Waals surface area contributed by atoms with Crippen LogP contribution in [-0.2, 0) is 10.2 Å². The Balaban J connectivity index is 3.01. The van der Waals surface area contributed by atoms with Gasteiger partial charge in [0.2, 0.25) is 0 Å². The average Bonchev–Trinajstić information content (AvgIpc) is 2.38. The molecule has 5 heteroatoms. The SMILES string of the molecule is Cc1ccc(C(C)(CN)CO)cc1NC(=O)OC(C)(C)C. The molecule has 0 fully saturated rings. The number of anilines is 1. The monoisotopic (exact) mass is 294 g/mol. The molecule has 4 N–H and O–H groups in total. The molecular formula is C16H26N2O3. The highest BCUT2D eigenvalue weighted by molar-refractivity contribution is 5.86. The fourth-order valence-electron chi connectivity index (χ4n) is 1.82. The number of carbonyl (C=O) groups excluding carboxylic acids is 1. The van der Waals surface area contributed by atoms with Gasteiger partial charge in [0.25, 0.3) is 0 Å². The van der Waals surface area contributed by atoms with E-state index in [1.165, 1.54) is 0 Å². The zero-order valence-electron chi connectivity index (χ0n) is 13.5. The van der Waals surface area contributed by atoms with Crippen molar-refractivity contribution in [2.24, 2.45) is 5.73 Å². The van der Waals surface area contributed by atoms with Crippen molar-refractivity contribution < 1.29 is 14.6 Å². The Morgan fingerprint density at radius 2 is 1.95 bits per heavy atom. The summed E-state index contributed by atoms with van der Waals surface area (Å²) in [5.74, 6) is 0. The number of benzene rings is 1. The Kier molecular flexibility index (Phi) is 5.36. The fraction of sp³-hybridized carbons (Fsp3) is 0.562. The molecule has 0 saturated carbocycles. The van der Waals surface area contributed by atoms with Crippen molar-refractivity contribution >= 4 is 11.8 Å². The molecule has 1 unspecified atom stereocenters. The predicted octanol–water partition coefficient (Wildman–Crippen LogP) is 2.55. The molecule has 0 heterocycles. The lowest BCUT2D eigenvalue weighted by atomic mass is 9.83. The molecule has 0 spiro atoms. The summed E-state index contributed by atoms with van der Waals surface area (Å²) in [6, 6.07) is 5.65. The second-order valence-electron chi connectivity index (χ2n) is 6.58. The molecule has 0 saturated heterocycles. The third-order valence-corrected chi connectivity index (χ3v) is 3.37. The van der Waals surface area contributed by atoms with Crippen molar-refractivity contribution in [1.29, 1.82) is 0 Å².